The van der Waals surface area contributed by atoms with Crippen LogP contribution in [0.1, 0.15) is 12.5 Å². The molecule has 0 saturated heterocycles. The molecule has 102 valence electrons. The van der Waals surface area contributed by atoms with Crippen LogP contribution in [0.4, 0.5) is 22.9 Å². The van der Waals surface area contributed by atoms with Gasteiger partial charge in [0.2, 0.25) is 0 Å². The van der Waals surface area contributed by atoms with Crippen LogP contribution < -0.4 is 15.1 Å². The minimum Gasteiger partial charge on any atom is -0.384 e. The Morgan fingerprint density at radius 2 is 2.25 bits per heavy atom. The highest BCUT2D eigenvalue weighted by atomic mass is 15.4. The molecule has 0 radical (unpaired) electrons. The van der Waals surface area contributed by atoms with E-state index in [1.54, 1.807) is 0 Å². The van der Waals surface area contributed by atoms with Crippen LogP contribution >= 0.6 is 0 Å². The Morgan fingerprint density at radius 3 is 3.15 bits per heavy atom. The third kappa shape index (κ3) is 1.64. The fourth-order valence-corrected chi connectivity index (χ4v) is 3.09. The molecule has 20 heavy (non-hydrogen) atoms. The number of pyridine rings is 1. The quantitative estimate of drug-likeness (QED) is 0.905. The number of anilines is 4. The number of hydrogen-bond donors (Lipinski definition) is 1. The first kappa shape index (κ1) is 11.6. The summed E-state index contributed by atoms with van der Waals surface area (Å²) in [7, 11) is 0. The molecule has 0 aliphatic carbocycles. The van der Waals surface area contributed by atoms with Gasteiger partial charge in [0, 0.05) is 30.7 Å². The Morgan fingerprint density at radius 1 is 1.30 bits per heavy atom. The molecular weight excluding hydrogens is 248 g/mol. The minimum atomic E-state index is 0.884. The first-order valence-electron chi connectivity index (χ1n) is 7.21. The zero-order valence-corrected chi connectivity index (χ0v) is 11.6. The van der Waals surface area contributed by atoms with Gasteiger partial charge < -0.3 is 15.1 Å². The van der Waals surface area contributed by atoms with E-state index in [0.29, 0.717) is 0 Å². The average molecular weight is 266 g/mol. The summed E-state index contributed by atoms with van der Waals surface area (Å²) < 4.78 is 0. The van der Waals surface area contributed by atoms with Crippen LogP contribution in [0.5, 0.6) is 0 Å². The average Bonchev–Trinajstić information content (AvgIpc) is 3.10. The molecule has 1 aromatic carbocycles. The minimum absolute atomic E-state index is 0.884. The third-order valence-corrected chi connectivity index (χ3v) is 4.17. The van der Waals surface area contributed by atoms with Gasteiger partial charge in [0.1, 0.15) is 0 Å². The lowest BCUT2D eigenvalue weighted by Crippen LogP contribution is -2.27. The van der Waals surface area contributed by atoms with Crippen molar-refractivity contribution in [2.45, 2.75) is 13.3 Å². The van der Waals surface area contributed by atoms with Crippen molar-refractivity contribution in [2.24, 2.45) is 0 Å². The smallest absolute Gasteiger partial charge is 0.158 e. The Bertz CT molecular complexity index is 653. The number of aromatic nitrogens is 1. The highest BCUT2D eigenvalue weighted by Crippen LogP contribution is 2.39. The van der Waals surface area contributed by atoms with Gasteiger partial charge in [-0.1, -0.05) is 0 Å². The topological polar surface area (TPSA) is 31.4 Å². The second-order valence-corrected chi connectivity index (χ2v) is 5.29. The van der Waals surface area contributed by atoms with E-state index < -0.39 is 0 Å². The highest BCUT2D eigenvalue weighted by Gasteiger charge is 2.27. The summed E-state index contributed by atoms with van der Waals surface area (Å²) in [6.07, 6.45) is 2.99. The fraction of sp³-hybridized carbons (Fsp3) is 0.312. The van der Waals surface area contributed by atoms with Crippen molar-refractivity contribution < 1.29 is 0 Å². The standard InChI is InChI=1S/C16H18N4/c1-2-19-11-20(16-15(19)4-3-8-18-16)13-5-6-14-12(10-13)7-9-17-14/h3-6,8,10,17H,2,7,9,11H2,1H3. The molecule has 2 aliphatic rings. The van der Waals surface area contributed by atoms with Gasteiger partial charge in [-0.3, -0.25) is 0 Å². The molecule has 4 heteroatoms. The summed E-state index contributed by atoms with van der Waals surface area (Å²) in [4.78, 5) is 9.24. The van der Waals surface area contributed by atoms with Crippen molar-refractivity contribution in [3.63, 3.8) is 0 Å². The van der Waals surface area contributed by atoms with Gasteiger partial charge in [0.15, 0.2) is 5.82 Å². The molecule has 4 rings (SSSR count). The fourth-order valence-electron chi connectivity index (χ4n) is 3.09. The second-order valence-electron chi connectivity index (χ2n) is 5.29. The normalized spacial score (nSPS) is 16.1. The van der Waals surface area contributed by atoms with Crippen LogP contribution in [0.15, 0.2) is 36.5 Å². The molecule has 4 nitrogen and oxygen atoms in total. The molecule has 0 unspecified atom stereocenters. The predicted molar refractivity (Wildman–Crippen MR) is 82.9 cm³/mol. The van der Waals surface area contributed by atoms with E-state index in [1.807, 2.05) is 12.3 Å². The summed E-state index contributed by atoms with van der Waals surface area (Å²) in [6.45, 7) is 5.12. The van der Waals surface area contributed by atoms with Crippen molar-refractivity contribution in [3.8, 4) is 0 Å². The van der Waals surface area contributed by atoms with Crippen molar-refractivity contribution in [3.05, 3.63) is 42.1 Å². The number of rotatable bonds is 2. The maximum absolute atomic E-state index is 4.58. The lowest BCUT2D eigenvalue weighted by molar-refractivity contribution is 0.863. The van der Waals surface area contributed by atoms with Gasteiger partial charge >= 0.3 is 0 Å². The third-order valence-electron chi connectivity index (χ3n) is 4.17. The molecule has 0 fully saturated rings. The van der Waals surface area contributed by atoms with Gasteiger partial charge in [-0.25, -0.2) is 4.98 Å². The van der Waals surface area contributed by atoms with Crippen molar-refractivity contribution >= 4 is 22.9 Å². The van der Waals surface area contributed by atoms with Gasteiger partial charge in [0.05, 0.1) is 12.4 Å². The predicted octanol–water partition coefficient (Wildman–Crippen LogP) is 2.99. The van der Waals surface area contributed by atoms with E-state index in [1.165, 1.54) is 22.6 Å². The molecular formula is C16H18N4. The number of benzene rings is 1. The lowest BCUT2D eigenvalue weighted by atomic mass is 10.1. The maximum atomic E-state index is 4.58. The van der Waals surface area contributed by atoms with E-state index >= 15 is 0 Å². The Labute approximate surface area is 119 Å². The maximum Gasteiger partial charge on any atom is 0.158 e. The summed E-state index contributed by atoms with van der Waals surface area (Å²) in [5.74, 6) is 1.07. The summed E-state index contributed by atoms with van der Waals surface area (Å²) in [6, 6.07) is 10.8. The first-order valence-corrected chi connectivity index (χ1v) is 7.21. The Kier molecular flexibility index (Phi) is 2.55. The van der Waals surface area contributed by atoms with Gasteiger partial charge in [-0.05, 0) is 49.2 Å². The molecule has 0 spiro atoms. The summed E-state index contributed by atoms with van der Waals surface area (Å²) in [5.41, 5.74) is 5.16. The molecule has 2 aromatic rings. The van der Waals surface area contributed by atoms with Crippen LogP contribution in [0.3, 0.4) is 0 Å². The molecule has 3 heterocycles. The highest BCUT2D eigenvalue weighted by molar-refractivity contribution is 5.80. The first-order chi connectivity index (χ1) is 9.86. The number of hydrogen-bond acceptors (Lipinski definition) is 4. The van der Waals surface area contributed by atoms with Crippen LogP contribution in [-0.4, -0.2) is 24.7 Å². The van der Waals surface area contributed by atoms with Crippen LogP contribution in [-0.2, 0) is 6.42 Å². The van der Waals surface area contributed by atoms with E-state index in [4.69, 9.17) is 0 Å². The van der Waals surface area contributed by atoms with Crippen LogP contribution in [0.2, 0.25) is 0 Å². The zero-order chi connectivity index (χ0) is 13.5. The SMILES string of the molecule is CCN1CN(c2ccc3c(c2)CCN3)c2ncccc21. The van der Waals surface area contributed by atoms with Crippen LogP contribution in [0.25, 0.3) is 0 Å². The molecule has 0 atom stereocenters. The molecule has 0 saturated carbocycles. The van der Waals surface area contributed by atoms with Crippen molar-refractivity contribution in [2.75, 3.05) is 34.9 Å². The van der Waals surface area contributed by atoms with E-state index in [-0.39, 0.29) is 0 Å². The number of nitrogens with one attached hydrogen (secondary N) is 1. The number of nitrogens with zero attached hydrogens (tertiary/aromatic N) is 3. The molecule has 0 bridgehead atoms. The lowest BCUT2D eigenvalue weighted by Gasteiger charge is -2.20. The van der Waals surface area contributed by atoms with Gasteiger partial charge in [-0.15, -0.1) is 0 Å². The monoisotopic (exact) mass is 266 g/mol. The van der Waals surface area contributed by atoms with Gasteiger partial charge in [0.25, 0.3) is 0 Å². The zero-order valence-electron chi connectivity index (χ0n) is 11.6. The Hall–Kier alpha value is -2.23. The summed E-state index contributed by atoms with van der Waals surface area (Å²) in [5, 5.41) is 3.41. The van der Waals surface area contributed by atoms with Gasteiger partial charge in [-0.2, -0.15) is 0 Å². The van der Waals surface area contributed by atoms with E-state index in [9.17, 15) is 0 Å². The molecule has 2 aliphatic heterocycles. The van der Waals surface area contributed by atoms with Crippen LogP contribution in [0, 0.1) is 0 Å². The Balaban J connectivity index is 1.76. The van der Waals surface area contributed by atoms with Crippen molar-refractivity contribution in [1.29, 1.82) is 0 Å². The second kappa shape index (κ2) is 4.40. The molecule has 1 N–H and O–H groups in total. The van der Waals surface area contributed by atoms with Crippen molar-refractivity contribution in [1.82, 2.24) is 4.98 Å². The molecule has 0 amide bonds. The largest absolute Gasteiger partial charge is 0.384 e. The van der Waals surface area contributed by atoms with E-state index in [0.717, 1.165) is 32.0 Å². The number of fused-ring (bicyclic) bond motifs is 2. The molecule has 1 aromatic heterocycles. The van der Waals surface area contributed by atoms with E-state index in [2.05, 4.69) is 51.3 Å². The summed E-state index contributed by atoms with van der Waals surface area (Å²) >= 11 is 0.